The SMILES string of the molecule is Cc1nccc(-c2noc(CC3CS(=O)(=O)CCN3)n2)n1. The highest BCUT2D eigenvalue weighted by Crippen LogP contribution is 2.14. The van der Waals surface area contributed by atoms with Crippen molar-refractivity contribution in [1.29, 1.82) is 0 Å². The molecule has 1 aliphatic rings. The van der Waals surface area contributed by atoms with Gasteiger partial charge in [0, 0.05) is 25.2 Å². The normalized spacial score (nSPS) is 21.3. The van der Waals surface area contributed by atoms with Crippen molar-refractivity contribution in [2.24, 2.45) is 0 Å². The van der Waals surface area contributed by atoms with Gasteiger partial charge in [-0.25, -0.2) is 18.4 Å². The van der Waals surface area contributed by atoms with Crippen LogP contribution in [0.2, 0.25) is 0 Å². The van der Waals surface area contributed by atoms with Gasteiger partial charge in [0.1, 0.15) is 11.5 Å². The average molecular weight is 309 g/mol. The van der Waals surface area contributed by atoms with E-state index in [1.807, 2.05) is 0 Å². The molecule has 1 saturated heterocycles. The Kier molecular flexibility index (Phi) is 3.68. The Morgan fingerprint density at radius 1 is 1.43 bits per heavy atom. The highest BCUT2D eigenvalue weighted by molar-refractivity contribution is 7.91. The lowest BCUT2D eigenvalue weighted by molar-refractivity contribution is 0.361. The number of nitrogens with zero attached hydrogens (tertiary/aromatic N) is 4. The second-order valence-electron chi connectivity index (χ2n) is 4.97. The average Bonchev–Trinajstić information content (AvgIpc) is 2.86. The summed E-state index contributed by atoms with van der Waals surface area (Å²) in [4.78, 5) is 12.5. The molecule has 0 radical (unpaired) electrons. The predicted octanol–water partition coefficient (Wildman–Crippen LogP) is -0.236. The smallest absolute Gasteiger partial charge is 0.228 e. The lowest BCUT2D eigenvalue weighted by Gasteiger charge is -2.21. The van der Waals surface area contributed by atoms with Crippen molar-refractivity contribution >= 4 is 9.84 Å². The summed E-state index contributed by atoms with van der Waals surface area (Å²) in [5, 5.41) is 7.02. The third kappa shape index (κ3) is 3.42. The number of hydrogen-bond donors (Lipinski definition) is 1. The molecule has 21 heavy (non-hydrogen) atoms. The lowest BCUT2D eigenvalue weighted by Crippen LogP contribution is -2.46. The van der Waals surface area contributed by atoms with Crippen LogP contribution in [0.4, 0.5) is 0 Å². The highest BCUT2D eigenvalue weighted by Gasteiger charge is 2.26. The fourth-order valence-corrected chi connectivity index (χ4v) is 3.68. The van der Waals surface area contributed by atoms with Gasteiger partial charge in [0.15, 0.2) is 9.84 Å². The maximum Gasteiger partial charge on any atom is 0.228 e. The lowest BCUT2D eigenvalue weighted by atomic mass is 10.2. The summed E-state index contributed by atoms with van der Waals surface area (Å²) in [6, 6.07) is 1.51. The predicted molar refractivity (Wildman–Crippen MR) is 74.2 cm³/mol. The number of aromatic nitrogens is 4. The van der Waals surface area contributed by atoms with Crippen molar-refractivity contribution in [3.05, 3.63) is 24.0 Å². The van der Waals surface area contributed by atoms with Crippen LogP contribution in [0.1, 0.15) is 11.7 Å². The van der Waals surface area contributed by atoms with Crippen molar-refractivity contribution in [3.63, 3.8) is 0 Å². The summed E-state index contributed by atoms with van der Waals surface area (Å²) in [5.41, 5.74) is 0.585. The van der Waals surface area contributed by atoms with Crippen LogP contribution in [0.5, 0.6) is 0 Å². The molecule has 3 heterocycles. The Morgan fingerprint density at radius 2 is 2.29 bits per heavy atom. The number of aryl methyl sites for hydroxylation is 1. The molecule has 0 spiro atoms. The Hall–Kier alpha value is -1.87. The zero-order chi connectivity index (χ0) is 14.9. The van der Waals surface area contributed by atoms with E-state index in [0.29, 0.717) is 36.2 Å². The molecular formula is C12H15N5O3S. The van der Waals surface area contributed by atoms with Gasteiger partial charge >= 0.3 is 0 Å². The maximum absolute atomic E-state index is 11.6. The van der Waals surface area contributed by atoms with Gasteiger partial charge < -0.3 is 9.84 Å². The van der Waals surface area contributed by atoms with Gasteiger partial charge in [0.05, 0.1) is 11.5 Å². The van der Waals surface area contributed by atoms with E-state index in [4.69, 9.17) is 4.52 Å². The van der Waals surface area contributed by atoms with E-state index in [0.717, 1.165) is 0 Å². The van der Waals surface area contributed by atoms with Crippen molar-refractivity contribution in [2.75, 3.05) is 18.1 Å². The summed E-state index contributed by atoms with van der Waals surface area (Å²) in [5.74, 6) is 1.68. The number of hydrogen-bond acceptors (Lipinski definition) is 8. The molecular weight excluding hydrogens is 294 g/mol. The van der Waals surface area contributed by atoms with Gasteiger partial charge in [-0.1, -0.05) is 5.16 Å². The summed E-state index contributed by atoms with van der Waals surface area (Å²) in [6.07, 6.45) is 2.01. The zero-order valence-corrected chi connectivity index (χ0v) is 12.3. The van der Waals surface area contributed by atoms with Gasteiger partial charge in [-0.2, -0.15) is 4.98 Å². The molecule has 9 heteroatoms. The van der Waals surface area contributed by atoms with Crippen molar-refractivity contribution in [1.82, 2.24) is 25.4 Å². The topological polar surface area (TPSA) is 111 Å². The molecule has 1 N–H and O–H groups in total. The fourth-order valence-electron chi connectivity index (χ4n) is 2.23. The van der Waals surface area contributed by atoms with Gasteiger partial charge in [-0.05, 0) is 13.0 Å². The van der Waals surface area contributed by atoms with E-state index in [9.17, 15) is 8.42 Å². The Morgan fingerprint density at radius 3 is 3.05 bits per heavy atom. The maximum atomic E-state index is 11.6. The largest absolute Gasteiger partial charge is 0.339 e. The second-order valence-corrected chi connectivity index (χ2v) is 7.20. The molecule has 0 aromatic carbocycles. The molecule has 8 nitrogen and oxygen atoms in total. The molecule has 2 aromatic rings. The minimum Gasteiger partial charge on any atom is -0.339 e. The van der Waals surface area contributed by atoms with Crippen LogP contribution in [-0.4, -0.2) is 52.6 Å². The quantitative estimate of drug-likeness (QED) is 0.827. The van der Waals surface area contributed by atoms with Crippen LogP contribution in [0.15, 0.2) is 16.8 Å². The third-order valence-corrected chi connectivity index (χ3v) is 4.93. The van der Waals surface area contributed by atoms with E-state index >= 15 is 0 Å². The Bertz CT molecular complexity index is 743. The standard InChI is InChI=1S/C12H15N5O3S/c1-8-13-3-2-10(15-8)12-16-11(20-17-12)6-9-7-21(18,19)5-4-14-9/h2-3,9,14H,4-7H2,1H3. The van der Waals surface area contributed by atoms with Crippen LogP contribution in [0.3, 0.4) is 0 Å². The second kappa shape index (κ2) is 5.49. The molecule has 3 rings (SSSR count). The van der Waals surface area contributed by atoms with Crippen LogP contribution < -0.4 is 5.32 Å². The molecule has 1 fully saturated rings. The number of rotatable bonds is 3. The first kappa shape index (κ1) is 14.1. The third-order valence-electron chi connectivity index (χ3n) is 3.20. The molecule has 1 unspecified atom stereocenters. The van der Waals surface area contributed by atoms with E-state index in [1.165, 1.54) is 0 Å². The molecule has 0 bridgehead atoms. The number of sulfone groups is 1. The Labute approximate surface area is 121 Å². The van der Waals surface area contributed by atoms with E-state index in [2.05, 4.69) is 25.4 Å². The first-order valence-electron chi connectivity index (χ1n) is 6.58. The molecule has 0 amide bonds. The summed E-state index contributed by atoms with van der Waals surface area (Å²) in [6.45, 7) is 2.24. The Balaban J connectivity index is 1.73. The van der Waals surface area contributed by atoms with E-state index in [-0.39, 0.29) is 17.5 Å². The summed E-state index contributed by atoms with van der Waals surface area (Å²) < 4.78 is 28.4. The van der Waals surface area contributed by atoms with Crippen LogP contribution in [-0.2, 0) is 16.3 Å². The molecule has 1 atom stereocenters. The van der Waals surface area contributed by atoms with Crippen molar-refractivity contribution in [3.8, 4) is 11.5 Å². The van der Waals surface area contributed by atoms with Crippen LogP contribution in [0, 0.1) is 6.92 Å². The van der Waals surface area contributed by atoms with Gasteiger partial charge in [0.2, 0.25) is 11.7 Å². The van der Waals surface area contributed by atoms with Crippen LogP contribution >= 0.6 is 0 Å². The molecule has 0 aliphatic carbocycles. The van der Waals surface area contributed by atoms with E-state index < -0.39 is 9.84 Å². The first-order valence-corrected chi connectivity index (χ1v) is 8.40. The van der Waals surface area contributed by atoms with Gasteiger partial charge in [-0.15, -0.1) is 0 Å². The first-order chi connectivity index (χ1) is 10.0. The summed E-state index contributed by atoms with van der Waals surface area (Å²) >= 11 is 0. The van der Waals surface area contributed by atoms with Gasteiger partial charge in [-0.3, -0.25) is 0 Å². The molecule has 0 saturated carbocycles. The van der Waals surface area contributed by atoms with Gasteiger partial charge in [0.25, 0.3) is 0 Å². The number of nitrogens with one attached hydrogen (secondary N) is 1. The van der Waals surface area contributed by atoms with E-state index in [1.54, 1.807) is 19.2 Å². The van der Waals surface area contributed by atoms with Crippen molar-refractivity contribution in [2.45, 2.75) is 19.4 Å². The zero-order valence-electron chi connectivity index (χ0n) is 11.5. The minimum atomic E-state index is -2.98. The molecule has 2 aromatic heterocycles. The molecule has 1 aliphatic heterocycles. The van der Waals surface area contributed by atoms with Crippen LogP contribution in [0.25, 0.3) is 11.5 Å². The minimum absolute atomic E-state index is 0.0946. The fraction of sp³-hybridized carbons (Fsp3) is 0.500. The highest BCUT2D eigenvalue weighted by atomic mass is 32.2. The monoisotopic (exact) mass is 309 g/mol. The summed E-state index contributed by atoms with van der Waals surface area (Å²) in [7, 11) is -2.98. The molecule has 112 valence electrons. The van der Waals surface area contributed by atoms with Crippen molar-refractivity contribution < 1.29 is 12.9 Å².